The summed E-state index contributed by atoms with van der Waals surface area (Å²) in [5, 5.41) is 0. The fraction of sp³-hybridized carbons (Fsp3) is 0.278. The van der Waals surface area contributed by atoms with Crippen LogP contribution in [0.25, 0.3) is 22.4 Å². The van der Waals surface area contributed by atoms with Gasteiger partial charge in [-0.05, 0) is 35.6 Å². The number of imidazole rings is 1. The molecule has 0 aliphatic heterocycles. The molecule has 2 nitrogen and oxygen atoms in total. The van der Waals surface area contributed by atoms with Gasteiger partial charge in [-0.15, -0.1) is 0 Å². The number of nitrogens with one attached hydrogen (secondary N) is 1. The van der Waals surface area contributed by atoms with Crippen LogP contribution in [0.1, 0.15) is 31.9 Å². The topological polar surface area (TPSA) is 28.7 Å². The molecule has 3 rings (SSSR count). The highest BCUT2D eigenvalue weighted by atomic mass is 14.9. The standard InChI is InChI=1S/C18H20N2/c1-12-9-10-15-16(11-12)20-17(19-15)13-7-5-6-8-14(13)18(2,3)4/h5-11H,1-4H3,(H,19,20). The molecule has 0 spiro atoms. The van der Waals surface area contributed by atoms with Gasteiger partial charge >= 0.3 is 0 Å². The van der Waals surface area contributed by atoms with E-state index in [9.17, 15) is 0 Å². The first kappa shape index (κ1) is 12.9. The molecular formula is C18H20N2. The van der Waals surface area contributed by atoms with Crippen LogP contribution < -0.4 is 0 Å². The first-order chi connectivity index (χ1) is 9.45. The molecule has 1 N–H and O–H groups in total. The molecular weight excluding hydrogens is 244 g/mol. The van der Waals surface area contributed by atoms with Gasteiger partial charge in [0, 0.05) is 5.56 Å². The van der Waals surface area contributed by atoms with Crippen LogP contribution in [0.2, 0.25) is 0 Å². The summed E-state index contributed by atoms with van der Waals surface area (Å²) in [4.78, 5) is 8.20. The molecule has 0 bridgehead atoms. The van der Waals surface area contributed by atoms with Crippen molar-refractivity contribution in [2.24, 2.45) is 0 Å². The highest BCUT2D eigenvalue weighted by molar-refractivity contribution is 5.80. The Labute approximate surface area is 119 Å². The summed E-state index contributed by atoms with van der Waals surface area (Å²) in [7, 11) is 0. The molecule has 1 aromatic heterocycles. The monoisotopic (exact) mass is 264 g/mol. The molecule has 0 radical (unpaired) electrons. The Morgan fingerprint density at radius 1 is 1.00 bits per heavy atom. The van der Waals surface area contributed by atoms with Crippen molar-refractivity contribution in [2.45, 2.75) is 33.1 Å². The second-order valence-corrected chi connectivity index (χ2v) is 6.40. The molecule has 102 valence electrons. The van der Waals surface area contributed by atoms with Crippen molar-refractivity contribution >= 4 is 11.0 Å². The Kier molecular flexibility index (Phi) is 2.89. The normalized spacial score (nSPS) is 12.0. The van der Waals surface area contributed by atoms with Crippen LogP contribution in [0, 0.1) is 6.92 Å². The van der Waals surface area contributed by atoms with Gasteiger partial charge < -0.3 is 4.98 Å². The number of aromatic nitrogens is 2. The molecule has 0 fully saturated rings. The van der Waals surface area contributed by atoms with Crippen molar-refractivity contribution in [1.82, 2.24) is 9.97 Å². The number of benzene rings is 2. The predicted molar refractivity (Wildman–Crippen MR) is 85.0 cm³/mol. The molecule has 0 amide bonds. The predicted octanol–water partition coefficient (Wildman–Crippen LogP) is 4.84. The van der Waals surface area contributed by atoms with Crippen molar-refractivity contribution in [2.75, 3.05) is 0 Å². The highest BCUT2D eigenvalue weighted by Crippen LogP contribution is 2.32. The minimum atomic E-state index is 0.103. The van der Waals surface area contributed by atoms with E-state index in [-0.39, 0.29) is 5.41 Å². The van der Waals surface area contributed by atoms with Gasteiger partial charge in [-0.3, -0.25) is 0 Å². The summed E-state index contributed by atoms with van der Waals surface area (Å²) in [5.41, 5.74) is 5.98. The average Bonchev–Trinajstić information content (AvgIpc) is 2.80. The molecule has 0 atom stereocenters. The minimum absolute atomic E-state index is 0.103. The van der Waals surface area contributed by atoms with Crippen molar-refractivity contribution < 1.29 is 0 Å². The van der Waals surface area contributed by atoms with Gasteiger partial charge in [0.15, 0.2) is 0 Å². The molecule has 3 aromatic rings. The first-order valence-electron chi connectivity index (χ1n) is 7.01. The van der Waals surface area contributed by atoms with Crippen LogP contribution in [-0.4, -0.2) is 9.97 Å². The number of aromatic amines is 1. The molecule has 0 saturated heterocycles. The highest BCUT2D eigenvalue weighted by Gasteiger charge is 2.19. The van der Waals surface area contributed by atoms with E-state index in [0.29, 0.717) is 0 Å². The lowest BCUT2D eigenvalue weighted by molar-refractivity contribution is 0.591. The number of rotatable bonds is 1. The maximum absolute atomic E-state index is 4.74. The van der Waals surface area contributed by atoms with Crippen LogP contribution >= 0.6 is 0 Å². The summed E-state index contributed by atoms with van der Waals surface area (Å²) in [6, 6.07) is 14.8. The fourth-order valence-electron chi connectivity index (χ4n) is 2.59. The quantitative estimate of drug-likeness (QED) is 0.669. The van der Waals surface area contributed by atoms with Crippen molar-refractivity contribution in [3.63, 3.8) is 0 Å². The maximum atomic E-state index is 4.74. The van der Waals surface area contributed by atoms with Crippen LogP contribution in [-0.2, 0) is 5.41 Å². The third-order valence-electron chi connectivity index (χ3n) is 3.63. The third-order valence-corrected chi connectivity index (χ3v) is 3.63. The summed E-state index contributed by atoms with van der Waals surface area (Å²) < 4.78 is 0. The van der Waals surface area contributed by atoms with Crippen LogP contribution in [0.15, 0.2) is 42.5 Å². The molecule has 20 heavy (non-hydrogen) atoms. The van der Waals surface area contributed by atoms with E-state index in [1.807, 2.05) is 0 Å². The maximum Gasteiger partial charge on any atom is 0.138 e. The van der Waals surface area contributed by atoms with Crippen molar-refractivity contribution in [1.29, 1.82) is 0 Å². The summed E-state index contributed by atoms with van der Waals surface area (Å²) in [6.07, 6.45) is 0. The lowest BCUT2D eigenvalue weighted by atomic mass is 9.83. The number of nitrogens with zero attached hydrogens (tertiary/aromatic N) is 1. The molecule has 0 aliphatic carbocycles. The molecule has 2 aromatic carbocycles. The van der Waals surface area contributed by atoms with Crippen LogP contribution in [0.5, 0.6) is 0 Å². The van der Waals surface area contributed by atoms with E-state index in [1.165, 1.54) is 16.7 Å². The number of fused-ring (bicyclic) bond motifs is 1. The number of aryl methyl sites for hydroxylation is 1. The second-order valence-electron chi connectivity index (χ2n) is 6.40. The van der Waals surface area contributed by atoms with Crippen LogP contribution in [0.3, 0.4) is 0 Å². The van der Waals surface area contributed by atoms with Crippen molar-refractivity contribution in [3.8, 4) is 11.4 Å². The SMILES string of the molecule is Cc1ccc2nc(-c3ccccc3C(C)(C)C)[nH]c2c1. The summed E-state index contributed by atoms with van der Waals surface area (Å²) in [5.74, 6) is 0.955. The zero-order chi connectivity index (χ0) is 14.3. The summed E-state index contributed by atoms with van der Waals surface area (Å²) in [6.45, 7) is 8.80. The Balaban J connectivity index is 2.21. The molecule has 2 heteroatoms. The zero-order valence-electron chi connectivity index (χ0n) is 12.5. The largest absolute Gasteiger partial charge is 0.338 e. The Morgan fingerprint density at radius 3 is 2.50 bits per heavy atom. The zero-order valence-corrected chi connectivity index (χ0v) is 12.5. The lowest BCUT2D eigenvalue weighted by Crippen LogP contribution is -2.12. The van der Waals surface area contributed by atoms with Gasteiger partial charge in [-0.1, -0.05) is 51.1 Å². The third kappa shape index (κ3) is 2.22. The van der Waals surface area contributed by atoms with Crippen molar-refractivity contribution in [3.05, 3.63) is 53.6 Å². The fourth-order valence-corrected chi connectivity index (χ4v) is 2.59. The van der Waals surface area contributed by atoms with E-state index in [1.54, 1.807) is 0 Å². The molecule has 0 saturated carbocycles. The number of hydrogen-bond acceptors (Lipinski definition) is 1. The van der Waals surface area contributed by atoms with Gasteiger partial charge in [-0.2, -0.15) is 0 Å². The van der Waals surface area contributed by atoms with Gasteiger partial charge in [-0.25, -0.2) is 4.98 Å². The summed E-state index contributed by atoms with van der Waals surface area (Å²) >= 11 is 0. The minimum Gasteiger partial charge on any atom is -0.338 e. The van der Waals surface area contributed by atoms with Gasteiger partial charge in [0.05, 0.1) is 11.0 Å². The average molecular weight is 264 g/mol. The number of hydrogen-bond donors (Lipinski definition) is 1. The van der Waals surface area contributed by atoms with E-state index in [0.717, 1.165) is 16.9 Å². The molecule has 1 heterocycles. The second kappa shape index (κ2) is 4.48. The number of H-pyrrole nitrogens is 1. The Hall–Kier alpha value is -2.09. The molecule has 0 unspecified atom stereocenters. The van der Waals surface area contributed by atoms with Gasteiger partial charge in [0.1, 0.15) is 5.82 Å². The van der Waals surface area contributed by atoms with E-state index in [4.69, 9.17) is 4.98 Å². The van der Waals surface area contributed by atoms with E-state index < -0.39 is 0 Å². The lowest BCUT2D eigenvalue weighted by Gasteiger charge is -2.21. The van der Waals surface area contributed by atoms with E-state index in [2.05, 4.69) is 75.1 Å². The Bertz CT molecular complexity index is 760. The first-order valence-corrected chi connectivity index (χ1v) is 7.01. The molecule has 0 aliphatic rings. The Morgan fingerprint density at radius 2 is 1.75 bits per heavy atom. The smallest absolute Gasteiger partial charge is 0.138 e. The van der Waals surface area contributed by atoms with Gasteiger partial charge in [0.2, 0.25) is 0 Å². The van der Waals surface area contributed by atoms with Gasteiger partial charge in [0.25, 0.3) is 0 Å². The van der Waals surface area contributed by atoms with Crippen LogP contribution in [0.4, 0.5) is 0 Å². The van der Waals surface area contributed by atoms with E-state index >= 15 is 0 Å².